The first-order valence-corrected chi connectivity index (χ1v) is 19.5. The van der Waals surface area contributed by atoms with Gasteiger partial charge in [-0.25, -0.2) is 0 Å². The lowest BCUT2D eigenvalue weighted by Gasteiger charge is -2.29. The van der Waals surface area contributed by atoms with E-state index in [0.29, 0.717) is 38.2 Å². The zero-order valence-corrected chi connectivity index (χ0v) is 30.1. The van der Waals surface area contributed by atoms with Crippen LogP contribution in [0.3, 0.4) is 0 Å². The first-order valence-electron chi connectivity index (χ1n) is 19.5. The van der Waals surface area contributed by atoms with E-state index in [-0.39, 0.29) is 0 Å². The van der Waals surface area contributed by atoms with E-state index in [2.05, 4.69) is 25.8 Å². The molecule has 0 radical (unpaired) electrons. The predicted octanol–water partition coefficient (Wildman–Crippen LogP) is 12.2. The Kier molecular flexibility index (Phi) is 35.4. The molecule has 0 N–H and O–H groups in total. The number of hydrogen-bond donors (Lipinski definition) is 0. The molecule has 4 nitrogen and oxygen atoms in total. The Balaban J connectivity index is 4.14. The molecule has 0 bridgehead atoms. The smallest absolute Gasteiger partial charge is 0.222 e. The fourth-order valence-electron chi connectivity index (χ4n) is 6.28. The largest absolute Gasteiger partial charge is 0.382 e. The molecule has 0 atom stereocenters. The average molecular weight is 610 g/mol. The number of amides is 1. The molecule has 0 heterocycles. The van der Waals surface area contributed by atoms with E-state index in [0.717, 1.165) is 6.42 Å². The van der Waals surface area contributed by atoms with Gasteiger partial charge in [0, 0.05) is 33.2 Å². The summed E-state index contributed by atoms with van der Waals surface area (Å²) < 4.78 is 10.6. The molecule has 0 saturated carbocycles. The van der Waals surface area contributed by atoms with Crippen molar-refractivity contribution in [3.05, 3.63) is 0 Å². The summed E-state index contributed by atoms with van der Waals surface area (Å²) in [6.45, 7) is 6.46. The SMILES string of the molecule is CCCCCCCCCCCCCCCC(CCCCCCCCCCCCCCC)N(C)C(=O)CCCOCCOC. The van der Waals surface area contributed by atoms with Crippen LogP contribution in [0, 0.1) is 0 Å². The normalized spacial score (nSPS) is 11.6. The van der Waals surface area contributed by atoms with E-state index in [4.69, 9.17) is 9.47 Å². The Bertz CT molecular complexity index is 511. The molecule has 0 unspecified atom stereocenters. The van der Waals surface area contributed by atoms with Crippen molar-refractivity contribution in [2.24, 2.45) is 0 Å². The topological polar surface area (TPSA) is 38.8 Å². The number of hydrogen-bond acceptors (Lipinski definition) is 3. The van der Waals surface area contributed by atoms with Gasteiger partial charge in [0.15, 0.2) is 0 Å². The maximum absolute atomic E-state index is 13.0. The van der Waals surface area contributed by atoms with Crippen molar-refractivity contribution in [3.8, 4) is 0 Å². The fourth-order valence-corrected chi connectivity index (χ4v) is 6.28. The number of rotatable bonds is 36. The number of ether oxygens (including phenoxy) is 2. The van der Waals surface area contributed by atoms with Crippen LogP contribution in [-0.2, 0) is 14.3 Å². The molecular formula is C39H79NO3. The van der Waals surface area contributed by atoms with Gasteiger partial charge in [0.2, 0.25) is 5.91 Å². The molecule has 258 valence electrons. The second kappa shape index (κ2) is 35.9. The molecule has 43 heavy (non-hydrogen) atoms. The van der Waals surface area contributed by atoms with E-state index in [1.54, 1.807) is 7.11 Å². The van der Waals surface area contributed by atoms with Crippen molar-refractivity contribution in [2.75, 3.05) is 34.0 Å². The standard InChI is InChI=1S/C39H79NO3/c1-5-7-9-11-13-15-17-19-21-23-25-27-29-32-38(40(3)39(41)34-31-35-43-37-36-42-4)33-30-28-26-24-22-20-18-16-14-12-10-8-6-2/h38H,5-37H2,1-4H3. The van der Waals surface area contributed by atoms with Crippen molar-refractivity contribution < 1.29 is 14.3 Å². The van der Waals surface area contributed by atoms with Crippen molar-refractivity contribution >= 4 is 5.91 Å². The van der Waals surface area contributed by atoms with Gasteiger partial charge in [-0.1, -0.05) is 181 Å². The summed E-state index contributed by atoms with van der Waals surface area (Å²) in [5.74, 6) is 0.296. The minimum atomic E-state index is 0.296. The number of carbonyl (C=O) groups is 1. The Morgan fingerprint density at radius 2 is 0.837 bits per heavy atom. The second-order valence-electron chi connectivity index (χ2n) is 13.4. The highest BCUT2D eigenvalue weighted by Gasteiger charge is 2.19. The van der Waals surface area contributed by atoms with Crippen LogP contribution in [0.1, 0.15) is 206 Å². The maximum atomic E-state index is 13.0. The molecule has 0 aromatic carbocycles. The van der Waals surface area contributed by atoms with Crippen molar-refractivity contribution in [3.63, 3.8) is 0 Å². The van der Waals surface area contributed by atoms with Crippen molar-refractivity contribution in [1.29, 1.82) is 0 Å². The number of carbonyl (C=O) groups excluding carboxylic acids is 1. The molecule has 0 aromatic heterocycles. The van der Waals surface area contributed by atoms with Gasteiger partial charge in [-0.3, -0.25) is 4.79 Å². The molecule has 0 spiro atoms. The molecule has 0 aliphatic rings. The second-order valence-corrected chi connectivity index (χ2v) is 13.4. The molecule has 1 amide bonds. The maximum Gasteiger partial charge on any atom is 0.222 e. The molecule has 0 aliphatic heterocycles. The van der Waals surface area contributed by atoms with Gasteiger partial charge in [0.1, 0.15) is 0 Å². The summed E-state index contributed by atoms with van der Waals surface area (Å²) in [7, 11) is 3.75. The zero-order valence-electron chi connectivity index (χ0n) is 30.1. The summed E-state index contributed by atoms with van der Waals surface area (Å²) in [4.78, 5) is 15.1. The monoisotopic (exact) mass is 610 g/mol. The van der Waals surface area contributed by atoms with Crippen LogP contribution in [0.5, 0.6) is 0 Å². The van der Waals surface area contributed by atoms with Gasteiger partial charge in [-0.05, 0) is 19.3 Å². The van der Waals surface area contributed by atoms with Crippen LogP contribution in [0.25, 0.3) is 0 Å². The minimum Gasteiger partial charge on any atom is -0.382 e. The number of methoxy groups -OCH3 is 1. The van der Waals surface area contributed by atoms with Crippen LogP contribution in [0.15, 0.2) is 0 Å². The zero-order chi connectivity index (χ0) is 31.5. The van der Waals surface area contributed by atoms with E-state index in [1.165, 1.54) is 180 Å². The van der Waals surface area contributed by atoms with Crippen LogP contribution in [-0.4, -0.2) is 50.8 Å². The lowest BCUT2D eigenvalue weighted by Crippen LogP contribution is -2.37. The van der Waals surface area contributed by atoms with Gasteiger partial charge in [-0.2, -0.15) is 0 Å². The lowest BCUT2D eigenvalue weighted by molar-refractivity contribution is -0.132. The Hall–Kier alpha value is -0.610. The molecule has 0 saturated heterocycles. The predicted molar refractivity (Wildman–Crippen MR) is 189 cm³/mol. The number of unbranched alkanes of at least 4 members (excludes halogenated alkanes) is 24. The van der Waals surface area contributed by atoms with Gasteiger partial charge in [0.25, 0.3) is 0 Å². The molecule has 4 heteroatoms. The van der Waals surface area contributed by atoms with E-state index < -0.39 is 0 Å². The lowest BCUT2D eigenvalue weighted by atomic mass is 9.98. The third-order valence-corrected chi connectivity index (χ3v) is 9.33. The van der Waals surface area contributed by atoms with Crippen LogP contribution in [0.4, 0.5) is 0 Å². The quantitative estimate of drug-likeness (QED) is 0.0663. The Morgan fingerprint density at radius 1 is 0.488 bits per heavy atom. The first kappa shape index (κ1) is 42.4. The van der Waals surface area contributed by atoms with Gasteiger partial charge in [-0.15, -0.1) is 0 Å². The average Bonchev–Trinajstić information content (AvgIpc) is 3.01. The molecule has 0 rings (SSSR count). The Morgan fingerprint density at radius 3 is 1.19 bits per heavy atom. The van der Waals surface area contributed by atoms with Crippen LogP contribution in [0.2, 0.25) is 0 Å². The van der Waals surface area contributed by atoms with Gasteiger partial charge >= 0.3 is 0 Å². The third-order valence-electron chi connectivity index (χ3n) is 9.33. The Labute approximate surface area is 271 Å². The molecular weight excluding hydrogens is 530 g/mol. The minimum absolute atomic E-state index is 0.296. The van der Waals surface area contributed by atoms with Crippen molar-refractivity contribution in [1.82, 2.24) is 4.90 Å². The third kappa shape index (κ3) is 31.2. The first-order chi connectivity index (χ1) is 21.2. The van der Waals surface area contributed by atoms with Gasteiger partial charge in [0.05, 0.1) is 13.2 Å². The highest BCUT2D eigenvalue weighted by atomic mass is 16.5. The van der Waals surface area contributed by atoms with E-state index in [9.17, 15) is 4.79 Å². The summed E-state index contributed by atoms with van der Waals surface area (Å²) in [6.07, 6.45) is 39.9. The summed E-state index contributed by atoms with van der Waals surface area (Å²) in [5, 5.41) is 0. The van der Waals surface area contributed by atoms with E-state index in [1.807, 2.05) is 0 Å². The summed E-state index contributed by atoms with van der Waals surface area (Å²) in [5.41, 5.74) is 0. The van der Waals surface area contributed by atoms with Gasteiger partial charge < -0.3 is 14.4 Å². The summed E-state index contributed by atoms with van der Waals surface area (Å²) >= 11 is 0. The van der Waals surface area contributed by atoms with Crippen LogP contribution >= 0.6 is 0 Å². The fraction of sp³-hybridized carbons (Fsp3) is 0.974. The summed E-state index contributed by atoms with van der Waals surface area (Å²) in [6, 6.07) is 0.405. The van der Waals surface area contributed by atoms with Crippen molar-refractivity contribution in [2.45, 2.75) is 213 Å². The number of nitrogens with zero attached hydrogens (tertiary/aromatic N) is 1. The molecule has 0 aromatic rings. The van der Waals surface area contributed by atoms with Crippen LogP contribution < -0.4 is 0 Å². The molecule has 0 fully saturated rings. The highest BCUT2D eigenvalue weighted by Crippen LogP contribution is 2.20. The molecule has 0 aliphatic carbocycles. The van der Waals surface area contributed by atoms with E-state index >= 15 is 0 Å². The highest BCUT2D eigenvalue weighted by molar-refractivity contribution is 5.76.